The van der Waals surface area contributed by atoms with Crippen LogP contribution in [0.1, 0.15) is 18.9 Å². The fraction of sp³-hybridized carbons (Fsp3) is 0.188. The van der Waals surface area contributed by atoms with Crippen LogP contribution in [0.4, 0.5) is 5.82 Å². The Hall–Kier alpha value is -2.01. The quantitative estimate of drug-likeness (QED) is 0.760. The molecule has 2 aromatic heterocycles. The Morgan fingerprint density at radius 2 is 2.00 bits per heavy atom. The molecule has 0 aliphatic carbocycles. The first-order chi connectivity index (χ1) is 10.2. The molecule has 3 aromatic rings. The molecule has 0 aliphatic heterocycles. The van der Waals surface area contributed by atoms with Gasteiger partial charge in [-0.2, -0.15) is 5.10 Å². The minimum atomic E-state index is 0.678. The van der Waals surface area contributed by atoms with Crippen LogP contribution in [-0.4, -0.2) is 9.78 Å². The summed E-state index contributed by atoms with van der Waals surface area (Å²) in [6.07, 6.45) is 3.53. The number of benzene rings is 1. The summed E-state index contributed by atoms with van der Waals surface area (Å²) in [6.45, 7) is 2.13. The highest BCUT2D eigenvalue weighted by atomic mass is 79.9. The maximum Gasteiger partial charge on any atom is 0.178 e. The largest absolute Gasteiger partial charge is 0.457 e. The third kappa shape index (κ3) is 2.49. The molecular formula is C16H16BrN3O. The number of nitrogens with two attached hydrogens (primary N) is 1. The van der Waals surface area contributed by atoms with Crippen LogP contribution >= 0.6 is 15.9 Å². The molecule has 21 heavy (non-hydrogen) atoms. The summed E-state index contributed by atoms with van der Waals surface area (Å²) < 4.78 is 7.80. The molecule has 0 fully saturated rings. The Morgan fingerprint density at radius 1 is 1.24 bits per heavy atom. The van der Waals surface area contributed by atoms with Gasteiger partial charge in [-0.3, -0.25) is 0 Å². The maximum atomic E-state index is 6.33. The molecule has 0 bridgehead atoms. The summed E-state index contributed by atoms with van der Waals surface area (Å²) >= 11 is 3.42. The number of anilines is 1. The zero-order valence-electron chi connectivity index (χ0n) is 11.7. The summed E-state index contributed by atoms with van der Waals surface area (Å²) in [5, 5.41) is 4.70. The predicted octanol–water partition coefficient (Wildman–Crippen LogP) is 4.43. The Morgan fingerprint density at radius 3 is 2.62 bits per heavy atom. The summed E-state index contributed by atoms with van der Waals surface area (Å²) in [4.78, 5) is 0. The minimum absolute atomic E-state index is 0.678. The first-order valence-corrected chi connectivity index (χ1v) is 7.67. The lowest BCUT2D eigenvalue weighted by atomic mass is 10.1. The van der Waals surface area contributed by atoms with Crippen molar-refractivity contribution in [2.75, 3.05) is 5.73 Å². The third-order valence-electron chi connectivity index (χ3n) is 3.40. The summed E-state index contributed by atoms with van der Waals surface area (Å²) in [7, 11) is 0. The number of para-hydroxylation sites is 1. The number of aromatic nitrogens is 2. The molecule has 1 aromatic carbocycles. The fourth-order valence-electron chi connectivity index (χ4n) is 2.41. The Balaban J connectivity index is 2.19. The van der Waals surface area contributed by atoms with Crippen LogP contribution in [0, 0.1) is 0 Å². The van der Waals surface area contributed by atoms with Crippen molar-refractivity contribution in [2.45, 2.75) is 19.8 Å². The minimum Gasteiger partial charge on any atom is -0.457 e. The van der Waals surface area contributed by atoms with Crippen LogP contribution in [0.3, 0.4) is 0 Å². The van der Waals surface area contributed by atoms with Crippen molar-refractivity contribution < 1.29 is 4.42 Å². The molecule has 108 valence electrons. The van der Waals surface area contributed by atoms with Gasteiger partial charge in [0.15, 0.2) is 4.67 Å². The molecule has 0 radical (unpaired) electrons. The van der Waals surface area contributed by atoms with Crippen LogP contribution in [0.15, 0.2) is 51.7 Å². The molecule has 0 saturated carbocycles. The van der Waals surface area contributed by atoms with Crippen molar-refractivity contribution in [1.29, 1.82) is 0 Å². The topological polar surface area (TPSA) is 57.0 Å². The van der Waals surface area contributed by atoms with E-state index in [0.29, 0.717) is 10.5 Å². The van der Waals surface area contributed by atoms with Gasteiger partial charge in [-0.1, -0.05) is 31.5 Å². The SMILES string of the molecule is CCCc1c(-c2ccoc2Br)nn(-c2ccccc2)c1N. The lowest BCUT2D eigenvalue weighted by Gasteiger charge is -2.04. The first kappa shape index (κ1) is 13.9. The zero-order chi connectivity index (χ0) is 14.8. The summed E-state index contributed by atoms with van der Waals surface area (Å²) in [5.41, 5.74) is 10.2. The van der Waals surface area contributed by atoms with Gasteiger partial charge >= 0.3 is 0 Å². The van der Waals surface area contributed by atoms with E-state index in [1.165, 1.54) is 0 Å². The normalized spacial score (nSPS) is 11.0. The first-order valence-electron chi connectivity index (χ1n) is 6.88. The molecule has 4 nitrogen and oxygen atoms in total. The van der Waals surface area contributed by atoms with E-state index in [0.717, 1.165) is 35.3 Å². The lowest BCUT2D eigenvalue weighted by molar-refractivity contribution is 0.542. The van der Waals surface area contributed by atoms with Crippen LogP contribution in [0.25, 0.3) is 16.9 Å². The Bertz CT molecular complexity index is 746. The molecule has 0 aliphatic rings. The van der Waals surface area contributed by atoms with Crippen molar-refractivity contribution in [1.82, 2.24) is 9.78 Å². The highest BCUT2D eigenvalue weighted by molar-refractivity contribution is 9.10. The van der Waals surface area contributed by atoms with E-state index < -0.39 is 0 Å². The van der Waals surface area contributed by atoms with Gasteiger partial charge in [0, 0.05) is 5.56 Å². The number of nitrogen functional groups attached to an aromatic ring is 1. The van der Waals surface area contributed by atoms with Crippen molar-refractivity contribution in [3.05, 3.63) is 52.9 Å². The van der Waals surface area contributed by atoms with Gasteiger partial charge in [-0.25, -0.2) is 4.68 Å². The molecular weight excluding hydrogens is 330 g/mol. The Kier molecular flexibility index (Phi) is 3.84. The number of rotatable bonds is 4. The molecule has 0 saturated heterocycles. The van der Waals surface area contributed by atoms with Gasteiger partial charge in [-0.05, 0) is 40.5 Å². The number of nitrogens with zero attached hydrogens (tertiary/aromatic N) is 2. The number of furan rings is 1. The smallest absolute Gasteiger partial charge is 0.178 e. The summed E-state index contributed by atoms with van der Waals surface area (Å²) in [5.74, 6) is 0.686. The van der Waals surface area contributed by atoms with Gasteiger partial charge in [0.05, 0.1) is 17.5 Å². The van der Waals surface area contributed by atoms with Crippen molar-refractivity contribution in [2.24, 2.45) is 0 Å². The van der Waals surface area contributed by atoms with Gasteiger partial charge in [0.1, 0.15) is 11.5 Å². The number of hydrogen-bond donors (Lipinski definition) is 1. The molecule has 2 heterocycles. The van der Waals surface area contributed by atoms with E-state index >= 15 is 0 Å². The van der Waals surface area contributed by atoms with E-state index in [1.807, 2.05) is 36.4 Å². The van der Waals surface area contributed by atoms with Gasteiger partial charge in [0.25, 0.3) is 0 Å². The van der Waals surface area contributed by atoms with E-state index in [9.17, 15) is 0 Å². The number of halogens is 1. The van der Waals surface area contributed by atoms with Gasteiger partial charge in [0.2, 0.25) is 0 Å². The van der Waals surface area contributed by atoms with E-state index in [4.69, 9.17) is 15.2 Å². The molecule has 0 atom stereocenters. The second-order valence-corrected chi connectivity index (χ2v) is 5.54. The average Bonchev–Trinajstić information content (AvgIpc) is 3.05. The van der Waals surface area contributed by atoms with Crippen molar-refractivity contribution in [3.63, 3.8) is 0 Å². The standard InChI is InChI=1S/C16H16BrN3O/c1-2-6-13-14(12-9-10-21-15(12)17)19-20(16(13)18)11-7-4-3-5-8-11/h3-5,7-10H,2,6,18H2,1H3. The molecule has 2 N–H and O–H groups in total. The predicted molar refractivity (Wildman–Crippen MR) is 87.4 cm³/mol. The van der Waals surface area contributed by atoms with Crippen molar-refractivity contribution >= 4 is 21.7 Å². The molecule has 3 rings (SSSR count). The van der Waals surface area contributed by atoms with Crippen LogP contribution in [0.5, 0.6) is 0 Å². The van der Waals surface area contributed by atoms with Crippen LogP contribution in [-0.2, 0) is 6.42 Å². The number of hydrogen-bond acceptors (Lipinski definition) is 3. The zero-order valence-corrected chi connectivity index (χ0v) is 13.3. The van der Waals surface area contributed by atoms with E-state index in [1.54, 1.807) is 10.9 Å². The molecule has 0 spiro atoms. The second kappa shape index (κ2) is 5.77. The van der Waals surface area contributed by atoms with Gasteiger partial charge in [-0.15, -0.1) is 0 Å². The second-order valence-electron chi connectivity index (χ2n) is 4.82. The van der Waals surface area contributed by atoms with Crippen LogP contribution < -0.4 is 5.73 Å². The fourth-order valence-corrected chi connectivity index (χ4v) is 2.83. The average molecular weight is 346 g/mol. The van der Waals surface area contributed by atoms with E-state index in [-0.39, 0.29) is 0 Å². The monoisotopic (exact) mass is 345 g/mol. The highest BCUT2D eigenvalue weighted by Crippen LogP contribution is 2.35. The maximum absolute atomic E-state index is 6.33. The molecule has 0 unspecified atom stereocenters. The van der Waals surface area contributed by atoms with Gasteiger partial charge < -0.3 is 10.2 Å². The highest BCUT2D eigenvalue weighted by Gasteiger charge is 2.20. The third-order valence-corrected chi connectivity index (χ3v) is 4.01. The lowest BCUT2D eigenvalue weighted by Crippen LogP contribution is -2.02. The molecule has 0 amide bonds. The Labute approximate surface area is 131 Å². The summed E-state index contributed by atoms with van der Waals surface area (Å²) in [6, 6.07) is 11.8. The van der Waals surface area contributed by atoms with Crippen molar-refractivity contribution in [3.8, 4) is 16.9 Å². The van der Waals surface area contributed by atoms with Crippen LogP contribution in [0.2, 0.25) is 0 Å². The molecule has 5 heteroatoms. The van der Waals surface area contributed by atoms with E-state index in [2.05, 4.69) is 22.9 Å².